The minimum absolute atomic E-state index is 0.0853. The Labute approximate surface area is 91.6 Å². The molecule has 0 aromatic carbocycles. The Balaban J connectivity index is 2.11. The van der Waals surface area contributed by atoms with E-state index in [9.17, 15) is 4.79 Å². The summed E-state index contributed by atoms with van der Waals surface area (Å²) in [5.74, 6) is -0.00387. The molecule has 1 aliphatic heterocycles. The Morgan fingerprint density at radius 3 is 2.67 bits per heavy atom. The zero-order valence-electron chi connectivity index (χ0n) is 9.70. The highest BCUT2D eigenvalue weighted by Gasteiger charge is 2.17. The van der Waals surface area contributed by atoms with Gasteiger partial charge in [-0.2, -0.15) is 0 Å². The second-order valence-corrected chi connectivity index (χ2v) is 4.65. The molecule has 0 amide bonds. The zero-order chi connectivity index (χ0) is 11.3. The number of hydrogen-bond donors (Lipinski definition) is 2. The number of nitrogens with zero attached hydrogens (tertiary/aromatic N) is 1. The molecule has 4 heteroatoms. The number of carboxylic acid groups (broad SMARTS) is 1. The predicted molar refractivity (Wildman–Crippen MR) is 59.9 cm³/mol. The monoisotopic (exact) mass is 214 g/mol. The first kappa shape index (κ1) is 12.5. The number of likely N-dealkylation sites (tertiary alicyclic amines) is 1. The SMILES string of the molecule is CC(CC(=O)O)NCC1CCN(C)CC1. The zero-order valence-corrected chi connectivity index (χ0v) is 9.70. The lowest BCUT2D eigenvalue weighted by molar-refractivity contribution is -0.137. The third kappa shape index (κ3) is 5.14. The molecule has 1 rings (SSSR count). The molecule has 0 saturated carbocycles. The number of hydrogen-bond acceptors (Lipinski definition) is 3. The van der Waals surface area contributed by atoms with Crippen molar-refractivity contribution in [3.8, 4) is 0 Å². The Morgan fingerprint density at radius 1 is 1.53 bits per heavy atom. The second-order valence-electron chi connectivity index (χ2n) is 4.65. The standard InChI is InChI=1S/C11H22N2O2/c1-9(7-11(14)15)12-8-10-3-5-13(2)6-4-10/h9-10,12H,3-8H2,1-2H3,(H,14,15). The van der Waals surface area contributed by atoms with E-state index in [1.807, 2.05) is 6.92 Å². The molecule has 1 saturated heterocycles. The van der Waals surface area contributed by atoms with Crippen LogP contribution in [0.1, 0.15) is 26.2 Å². The Bertz CT molecular complexity index is 201. The summed E-state index contributed by atoms with van der Waals surface area (Å²) < 4.78 is 0. The number of carbonyl (C=O) groups is 1. The highest BCUT2D eigenvalue weighted by Crippen LogP contribution is 2.14. The van der Waals surface area contributed by atoms with Gasteiger partial charge in [-0.15, -0.1) is 0 Å². The molecule has 1 aliphatic rings. The summed E-state index contributed by atoms with van der Waals surface area (Å²) in [6, 6.07) is 0.0853. The third-order valence-corrected chi connectivity index (χ3v) is 3.07. The summed E-state index contributed by atoms with van der Waals surface area (Å²) in [4.78, 5) is 12.8. The van der Waals surface area contributed by atoms with Crippen molar-refractivity contribution in [3.63, 3.8) is 0 Å². The van der Waals surface area contributed by atoms with Gasteiger partial charge in [-0.25, -0.2) is 0 Å². The molecule has 1 atom stereocenters. The van der Waals surface area contributed by atoms with Crippen molar-refractivity contribution >= 4 is 5.97 Å². The molecule has 0 aromatic heterocycles. The van der Waals surface area contributed by atoms with E-state index in [-0.39, 0.29) is 12.5 Å². The molecule has 88 valence electrons. The highest BCUT2D eigenvalue weighted by atomic mass is 16.4. The average Bonchev–Trinajstić information content (AvgIpc) is 2.16. The number of aliphatic carboxylic acids is 1. The molecule has 0 radical (unpaired) electrons. The van der Waals surface area contributed by atoms with Crippen LogP contribution in [0.4, 0.5) is 0 Å². The van der Waals surface area contributed by atoms with Gasteiger partial charge in [-0.3, -0.25) is 4.79 Å². The fourth-order valence-corrected chi connectivity index (χ4v) is 1.97. The smallest absolute Gasteiger partial charge is 0.304 e. The molecular weight excluding hydrogens is 192 g/mol. The van der Waals surface area contributed by atoms with Crippen LogP contribution in [0.2, 0.25) is 0 Å². The molecule has 2 N–H and O–H groups in total. The number of rotatable bonds is 5. The fourth-order valence-electron chi connectivity index (χ4n) is 1.97. The van der Waals surface area contributed by atoms with E-state index >= 15 is 0 Å². The molecule has 0 spiro atoms. The maximum atomic E-state index is 10.5. The van der Waals surface area contributed by atoms with Crippen LogP contribution in [0.5, 0.6) is 0 Å². The van der Waals surface area contributed by atoms with Crippen LogP contribution in [0.3, 0.4) is 0 Å². The maximum absolute atomic E-state index is 10.5. The minimum Gasteiger partial charge on any atom is -0.481 e. The van der Waals surface area contributed by atoms with Gasteiger partial charge in [0.1, 0.15) is 0 Å². The lowest BCUT2D eigenvalue weighted by atomic mass is 9.97. The maximum Gasteiger partial charge on any atom is 0.304 e. The Morgan fingerprint density at radius 2 is 2.13 bits per heavy atom. The average molecular weight is 214 g/mol. The van der Waals surface area contributed by atoms with Gasteiger partial charge in [-0.05, 0) is 52.4 Å². The number of carboxylic acids is 1. The van der Waals surface area contributed by atoms with Gasteiger partial charge >= 0.3 is 5.97 Å². The van der Waals surface area contributed by atoms with E-state index in [1.54, 1.807) is 0 Å². The van der Waals surface area contributed by atoms with Crippen LogP contribution in [0.15, 0.2) is 0 Å². The van der Waals surface area contributed by atoms with Crippen molar-refractivity contribution in [2.45, 2.75) is 32.2 Å². The molecule has 4 nitrogen and oxygen atoms in total. The molecular formula is C11H22N2O2. The van der Waals surface area contributed by atoms with E-state index < -0.39 is 5.97 Å². The minimum atomic E-state index is -0.724. The second kappa shape index (κ2) is 6.08. The van der Waals surface area contributed by atoms with E-state index in [2.05, 4.69) is 17.3 Å². The van der Waals surface area contributed by atoms with E-state index in [4.69, 9.17) is 5.11 Å². The van der Waals surface area contributed by atoms with Crippen molar-refractivity contribution in [1.29, 1.82) is 0 Å². The van der Waals surface area contributed by atoms with Crippen LogP contribution in [-0.2, 0) is 4.79 Å². The van der Waals surface area contributed by atoms with Crippen molar-refractivity contribution in [2.24, 2.45) is 5.92 Å². The largest absolute Gasteiger partial charge is 0.481 e. The molecule has 0 aromatic rings. The van der Waals surface area contributed by atoms with Gasteiger partial charge in [0.05, 0.1) is 6.42 Å². The van der Waals surface area contributed by atoms with E-state index in [1.165, 1.54) is 25.9 Å². The van der Waals surface area contributed by atoms with Crippen molar-refractivity contribution < 1.29 is 9.90 Å². The number of piperidine rings is 1. The highest BCUT2D eigenvalue weighted by molar-refractivity contribution is 5.67. The van der Waals surface area contributed by atoms with Crippen molar-refractivity contribution in [2.75, 3.05) is 26.7 Å². The number of nitrogens with one attached hydrogen (secondary N) is 1. The van der Waals surface area contributed by atoms with Gasteiger partial charge in [0, 0.05) is 6.04 Å². The van der Waals surface area contributed by atoms with Gasteiger partial charge in [0.15, 0.2) is 0 Å². The third-order valence-electron chi connectivity index (χ3n) is 3.07. The van der Waals surface area contributed by atoms with Gasteiger partial charge in [0.2, 0.25) is 0 Å². The van der Waals surface area contributed by atoms with Crippen LogP contribution < -0.4 is 5.32 Å². The van der Waals surface area contributed by atoms with Crippen LogP contribution in [0.25, 0.3) is 0 Å². The van der Waals surface area contributed by atoms with Gasteiger partial charge in [0.25, 0.3) is 0 Å². The van der Waals surface area contributed by atoms with E-state index in [0.29, 0.717) is 0 Å². The van der Waals surface area contributed by atoms with Gasteiger partial charge < -0.3 is 15.3 Å². The molecule has 0 aliphatic carbocycles. The first-order valence-electron chi connectivity index (χ1n) is 5.71. The Hall–Kier alpha value is -0.610. The van der Waals surface area contributed by atoms with Crippen LogP contribution >= 0.6 is 0 Å². The molecule has 1 fully saturated rings. The topological polar surface area (TPSA) is 52.6 Å². The van der Waals surface area contributed by atoms with Crippen LogP contribution in [-0.4, -0.2) is 48.7 Å². The lowest BCUT2D eigenvalue weighted by Crippen LogP contribution is -2.38. The van der Waals surface area contributed by atoms with Crippen molar-refractivity contribution in [3.05, 3.63) is 0 Å². The summed E-state index contributed by atoms with van der Waals surface area (Å²) in [6.07, 6.45) is 2.67. The first-order chi connectivity index (χ1) is 7.08. The predicted octanol–water partition coefficient (Wildman–Crippen LogP) is 0.781. The first-order valence-corrected chi connectivity index (χ1v) is 5.71. The van der Waals surface area contributed by atoms with Gasteiger partial charge in [-0.1, -0.05) is 0 Å². The normalized spacial score (nSPS) is 21.5. The fraction of sp³-hybridized carbons (Fsp3) is 0.909. The van der Waals surface area contributed by atoms with E-state index in [0.717, 1.165) is 12.5 Å². The summed E-state index contributed by atoms with van der Waals surface area (Å²) in [6.45, 7) is 5.23. The summed E-state index contributed by atoms with van der Waals surface area (Å²) in [5, 5.41) is 11.9. The quantitative estimate of drug-likeness (QED) is 0.710. The van der Waals surface area contributed by atoms with Crippen LogP contribution in [0, 0.1) is 5.92 Å². The molecule has 1 heterocycles. The molecule has 15 heavy (non-hydrogen) atoms. The Kier molecular flexibility index (Phi) is 5.05. The summed E-state index contributed by atoms with van der Waals surface area (Å²) in [7, 11) is 2.15. The summed E-state index contributed by atoms with van der Waals surface area (Å²) >= 11 is 0. The summed E-state index contributed by atoms with van der Waals surface area (Å²) in [5.41, 5.74) is 0. The lowest BCUT2D eigenvalue weighted by Gasteiger charge is -2.29. The van der Waals surface area contributed by atoms with Crippen molar-refractivity contribution in [1.82, 2.24) is 10.2 Å². The molecule has 1 unspecified atom stereocenters. The molecule has 0 bridgehead atoms.